The van der Waals surface area contributed by atoms with E-state index >= 15 is 0 Å². The Morgan fingerprint density at radius 3 is 2.56 bits per heavy atom. The first kappa shape index (κ1) is 24.4. The SMILES string of the molecule is CC(OC(=O)NC1CCN(CCCC(=O)c2ccc(F)cc2)C2CCCCC12)c1ccccc1. The lowest BCUT2D eigenvalue weighted by molar-refractivity contribution is 0.0294. The van der Waals surface area contributed by atoms with Crippen molar-refractivity contribution in [1.29, 1.82) is 0 Å². The number of fused-ring (bicyclic) bond motifs is 1. The number of Topliss-reactive ketones (excluding diaryl/α,β-unsaturated/α-hetero) is 1. The predicted molar refractivity (Wildman–Crippen MR) is 130 cm³/mol. The van der Waals surface area contributed by atoms with Crippen molar-refractivity contribution in [1.82, 2.24) is 10.2 Å². The Hall–Kier alpha value is -2.73. The summed E-state index contributed by atoms with van der Waals surface area (Å²) < 4.78 is 18.8. The number of likely N-dealkylation sites (tertiary alicyclic amines) is 1. The first-order valence-corrected chi connectivity index (χ1v) is 12.6. The Labute approximate surface area is 201 Å². The Morgan fingerprint density at radius 1 is 1.06 bits per heavy atom. The number of ketones is 1. The first-order chi connectivity index (χ1) is 16.5. The summed E-state index contributed by atoms with van der Waals surface area (Å²) in [6.45, 7) is 3.68. The van der Waals surface area contributed by atoms with Crippen LogP contribution < -0.4 is 5.32 Å². The van der Waals surface area contributed by atoms with Crippen molar-refractivity contribution >= 4 is 11.9 Å². The van der Waals surface area contributed by atoms with E-state index < -0.39 is 0 Å². The van der Waals surface area contributed by atoms with Crippen LogP contribution in [0, 0.1) is 11.7 Å². The van der Waals surface area contributed by atoms with Crippen molar-refractivity contribution in [2.24, 2.45) is 5.92 Å². The molecule has 1 N–H and O–H groups in total. The predicted octanol–water partition coefficient (Wildman–Crippen LogP) is 5.91. The van der Waals surface area contributed by atoms with Gasteiger partial charge in [-0.15, -0.1) is 0 Å². The van der Waals surface area contributed by atoms with E-state index in [1.165, 1.54) is 25.0 Å². The second-order valence-corrected chi connectivity index (χ2v) is 9.58. The minimum atomic E-state index is -0.343. The molecule has 0 aromatic heterocycles. The van der Waals surface area contributed by atoms with Crippen molar-refractivity contribution in [3.63, 3.8) is 0 Å². The summed E-state index contributed by atoms with van der Waals surface area (Å²) in [5.41, 5.74) is 1.56. The molecule has 1 amide bonds. The average Bonchev–Trinajstić information content (AvgIpc) is 2.86. The van der Waals surface area contributed by atoms with E-state index in [2.05, 4.69) is 10.2 Å². The summed E-state index contributed by atoms with van der Waals surface area (Å²) in [6.07, 6.45) is 6.13. The number of ether oxygens (including phenoxy) is 1. The quantitative estimate of drug-likeness (QED) is 0.492. The van der Waals surface area contributed by atoms with Crippen LogP contribution >= 0.6 is 0 Å². The number of hydrogen-bond donors (Lipinski definition) is 1. The summed E-state index contributed by atoms with van der Waals surface area (Å²) >= 11 is 0. The van der Waals surface area contributed by atoms with E-state index in [1.54, 1.807) is 12.1 Å². The van der Waals surface area contributed by atoms with Crippen molar-refractivity contribution in [2.75, 3.05) is 13.1 Å². The van der Waals surface area contributed by atoms with Crippen LogP contribution in [0.4, 0.5) is 9.18 Å². The molecule has 2 fully saturated rings. The van der Waals surface area contributed by atoms with Crippen LogP contribution in [0.15, 0.2) is 54.6 Å². The molecule has 2 aromatic rings. The van der Waals surface area contributed by atoms with Crippen LogP contribution in [0.3, 0.4) is 0 Å². The highest BCUT2D eigenvalue weighted by Gasteiger charge is 2.40. The van der Waals surface area contributed by atoms with E-state index in [0.717, 1.165) is 44.3 Å². The zero-order chi connectivity index (χ0) is 23.9. The number of carbonyl (C=O) groups is 2. The summed E-state index contributed by atoms with van der Waals surface area (Å²) in [4.78, 5) is 27.6. The summed E-state index contributed by atoms with van der Waals surface area (Å²) in [7, 11) is 0. The molecule has 1 saturated heterocycles. The molecule has 0 bridgehead atoms. The molecule has 1 saturated carbocycles. The van der Waals surface area contributed by atoms with E-state index in [4.69, 9.17) is 4.74 Å². The molecular weight excluding hydrogens is 431 g/mol. The molecule has 1 heterocycles. The average molecular weight is 467 g/mol. The maximum Gasteiger partial charge on any atom is 0.407 e. The highest BCUT2D eigenvalue weighted by Crippen LogP contribution is 2.36. The van der Waals surface area contributed by atoms with Crippen LogP contribution in [-0.4, -0.2) is 41.9 Å². The Morgan fingerprint density at radius 2 is 1.79 bits per heavy atom. The molecule has 1 aliphatic carbocycles. The number of carbonyl (C=O) groups excluding carboxylic acids is 2. The van der Waals surface area contributed by atoms with Gasteiger partial charge in [-0.2, -0.15) is 0 Å². The molecule has 0 spiro atoms. The minimum Gasteiger partial charge on any atom is -0.442 e. The smallest absolute Gasteiger partial charge is 0.407 e. The van der Waals surface area contributed by atoms with Gasteiger partial charge in [-0.1, -0.05) is 43.2 Å². The maximum atomic E-state index is 13.1. The van der Waals surface area contributed by atoms with Crippen LogP contribution in [0.5, 0.6) is 0 Å². The lowest BCUT2D eigenvalue weighted by Gasteiger charge is -2.48. The normalized spacial score (nSPS) is 23.5. The number of alkyl carbamates (subject to hydrolysis) is 1. The zero-order valence-corrected chi connectivity index (χ0v) is 19.9. The summed E-state index contributed by atoms with van der Waals surface area (Å²) in [5.74, 6) is 0.150. The monoisotopic (exact) mass is 466 g/mol. The zero-order valence-electron chi connectivity index (χ0n) is 19.9. The molecular formula is C28H35FN2O3. The lowest BCUT2D eigenvalue weighted by atomic mass is 9.75. The van der Waals surface area contributed by atoms with Gasteiger partial charge >= 0.3 is 6.09 Å². The van der Waals surface area contributed by atoms with Gasteiger partial charge in [-0.3, -0.25) is 9.69 Å². The highest BCUT2D eigenvalue weighted by molar-refractivity contribution is 5.95. The van der Waals surface area contributed by atoms with Crippen molar-refractivity contribution in [3.8, 4) is 0 Å². The molecule has 2 aliphatic rings. The highest BCUT2D eigenvalue weighted by atomic mass is 19.1. The number of piperidine rings is 1. The topological polar surface area (TPSA) is 58.6 Å². The molecule has 5 nitrogen and oxygen atoms in total. The minimum absolute atomic E-state index is 0.0621. The number of hydrogen-bond acceptors (Lipinski definition) is 4. The van der Waals surface area contributed by atoms with E-state index in [1.807, 2.05) is 37.3 Å². The number of rotatable bonds is 8. The van der Waals surface area contributed by atoms with Crippen LogP contribution in [0.25, 0.3) is 0 Å². The van der Waals surface area contributed by atoms with Gasteiger partial charge in [0.15, 0.2) is 5.78 Å². The van der Waals surface area contributed by atoms with E-state index in [-0.39, 0.29) is 29.8 Å². The number of amides is 1. The third-order valence-electron chi connectivity index (χ3n) is 7.37. The molecule has 4 rings (SSSR count). The van der Waals surface area contributed by atoms with Gasteiger partial charge in [0.1, 0.15) is 11.9 Å². The molecule has 0 radical (unpaired) electrons. The standard InChI is InChI=1S/C28H35FN2O3/c1-20(21-8-3-2-4-9-21)34-28(33)30-25-17-19-31(26-11-6-5-10-24(25)26)18-7-12-27(32)22-13-15-23(29)16-14-22/h2-4,8-9,13-16,20,24-26H,5-7,10-12,17-19H2,1H3,(H,30,33). The fourth-order valence-electron chi connectivity index (χ4n) is 5.57. The number of benzene rings is 2. The fourth-order valence-corrected chi connectivity index (χ4v) is 5.57. The first-order valence-electron chi connectivity index (χ1n) is 12.6. The molecule has 6 heteroatoms. The Balaban J connectivity index is 1.28. The summed E-state index contributed by atoms with van der Waals surface area (Å²) in [5, 5.41) is 3.17. The van der Waals surface area contributed by atoms with Crippen molar-refractivity contribution in [3.05, 3.63) is 71.5 Å². The maximum absolute atomic E-state index is 13.1. The molecule has 182 valence electrons. The van der Waals surface area contributed by atoms with E-state index in [0.29, 0.717) is 23.9 Å². The van der Waals surface area contributed by atoms with Gasteiger partial charge in [-0.05, 0) is 74.9 Å². The second kappa shape index (κ2) is 11.6. The lowest BCUT2D eigenvalue weighted by Crippen LogP contribution is -2.57. The van der Waals surface area contributed by atoms with Gasteiger partial charge in [0, 0.05) is 30.6 Å². The van der Waals surface area contributed by atoms with E-state index in [9.17, 15) is 14.0 Å². The molecule has 4 unspecified atom stereocenters. The molecule has 2 aromatic carbocycles. The fraction of sp³-hybridized carbons (Fsp3) is 0.500. The third-order valence-corrected chi connectivity index (χ3v) is 7.37. The van der Waals surface area contributed by atoms with Gasteiger partial charge in [0.2, 0.25) is 0 Å². The third kappa shape index (κ3) is 6.23. The number of halogens is 1. The van der Waals surface area contributed by atoms with Gasteiger partial charge in [0.05, 0.1) is 0 Å². The van der Waals surface area contributed by atoms with Gasteiger partial charge in [-0.25, -0.2) is 9.18 Å². The van der Waals surface area contributed by atoms with Gasteiger partial charge < -0.3 is 10.1 Å². The van der Waals surface area contributed by atoms with Gasteiger partial charge in [0.25, 0.3) is 0 Å². The molecule has 4 atom stereocenters. The van der Waals surface area contributed by atoms with Crippen LogP contribution in [-0.2, 0) is 4.74 Å². The largest absolute Gasteiger partial charge is 0.442 e. The number of nitrogens with zero attached hydrogens (tertiary/aromatic N) is 1. The van der Waals surface area contributed by atoms with Crippen LogP contribution in [0.2, 0.25) is 0 Å². The molecule has 1 aliphatic heterocycles. The van der Waals surface area contributed by atoms with Crippen molar-refractivity contribution < 1.29 is 18.7 Å². The van der Waals surface area contributed by atoms with Crippen LogP contribution in [0.1, 0.15) is 73.9 Å². The number of nitrogens with one attached hydrogen (secondary N) is 1. The Bertz CT molecular complexity index is 950. The summed E-state index contributed by atoms with van der Waals surface area (Å²) in [6, 6.07) is 16.1. The molecule has 34 heavy (non-hydrogen) atoms. The van der Waals surface area contributed by atoms with Crippen molar-refractivity contribution in [2.45, 2.75) is 70.1 Å². The second-order valence-electron chi connectivity index (χ2n) is 9.58. The Kier molecular flexibility index (Phi) is 8.33.